The van der Waals surface area contributed by atoms with Crippen LogP contribution in [0.4, 0.5) is 0 Å². The Hall–Kier alpha value is -5.72. The number of nitriles is 1. The SMILES string of the molecule is N#Cc1c(-c2ccc3ccc4cccc5ccc2c3c45)cc(-c2ccc3ccc4cccc5ccc2c3c45)[nH]c1=O. The van der Waals surface area contributed by atoms with Crippen molar-refractivity contribution in [2.45, 2.75) is 0 Å². The molecule has 188 valence electrons. The van der Waals surface area contributed by atoms with E-state index in [2.05, 4.69) is 114 Å². The number of nitrogens with one attached hydrogen (secondary N) is 1. The maximum atomic E-state index is 13.5. The van der Waals surface area contributed by atoms with Gasteiger partial charge in [0.15, 0.2) is 0 Å². The zero-order valence-corrected chi connectivity index (χ0v) is 21.8. The number of pyridine rings is 1. The van der Waals surface area contributed by atoms with Crippen molar-refractivity contribution in [1.82, 2.24) is 4.98 Å². The van der Waals surface area contributed by atoms with E-state index in [0.29, 0.717) is 11.3 Å². The first-order valence-corrected chi connectivity index (χ1v) is 13.7. The van der Waals surface area contributed by atoms with Gasteiger partial charge in [0.1, 0.15) is 11.6 Å². The van der Waals surface area contributed by atoms with Crippen molar-refractivity contribution in [2.24, 2.45) is 0 Å². The van der Waals surface area contributed by atoms with Gasteiger partial charge in [0.25, 0.3) is 5.56 Å². The number of rotatable bonds is 2. The van der Waals surface area contributed by atoms with E-state index in [0.717, 1.165) is 38.1 Å². The van der Waals surface area contributed by atoms with E-state index in [1.165, 1.54) is 37.7 Å². The fourth-order valence-electron chi connectivity index (χ4n) is 6.97. The number of hydrogen-bond donors (Lipinski definition) is 1. The van der Waals surface area contributed by atoms with E-state index in [-0.39, 0.29) is 11.1 Å². The summed E-state index contributed by atoms with van der Waals surface area (Å²) < 4.78 is 0. The molecule has 1 N–H and O–H groups in total. The predicted molar refractivity (Wildman–Crippen MR) is 170 cm³/mol. The lowest BCUT2D eigenvalue weighted by atomic mass is 9.88. The summed E-state index contributed by atoms with van der Waals surface area (Å²) in [5.41, 5.74) is 2.93. The van der Waals surface area contributed by atoms with E-state index in [1.807, 2.05) is 12.1 Å². The molecule has 8 aromatic carbocycles. The number of nitrogens with zero attached hydrogens (tertiary/aromatic N) is 1. The van der Waals surface area contributed by atoms with Crippen LogP contribution in [0.2, 0.25) is 0 Å². The fourth-order valence-corrected chi connectivity index (χ4v) is 6.97. The third-order valence-electron chi connectivity index (χ3n) is 8.78. The lowest BCUT2D eigenvalue weighted by Crippen LogP contribution is -2.13. The van der Waals surface area contributed by atoms with E-state index in [4.69, 9.17) is 0 Å². The van der Waals surface area contributed by atoms with Gasteiger partial charge in [-0.15, -0.1) is 0 Å². The maximum absolute atomic E-state index is 13.5. The monoisotopic (exact) mass is 520 g/mol. The summed E-state index contributed by atoms with van der Waals surface area (Å²) in [6.45, 7) is 0. The van der Waals surface area contributed by atoms with Gasteiger partial charge in [-0.1, -0.05) is 109 Å². The Kier molecular flexibility index (Phi) is 4.27. The Bertz CT molecular complexity index is 2590. The predicted octanol–water partition coefficient (Wildman–Crippen LogP) is 9.38. The third kappa shape index (κ3) is 2.94. The minimum Gasteiger partial charge on any atom is -0.321 e. The highest BCUT2D eigenvalue weighted by Gasteiger charge is 2.19. The maximum Gasteiger partial charge on any atom is 0.266 e. The van der Waals surface area contributed by atoms with E-state index in [1.54, 1.807) is 0 Å². The van der Waals surface area contributed by atoms with Crippen LogP contribution in [0.25, 0.3) is 87.0 Å². The molecule has 0 aliphatic carbocycles. The van der Waals surface area contributed by atoms with Crippen LogP contribution in [0, 0.1) is 11.3 Å². The van der Waals surface area contributed by atoms with Crippen molar-refractivity contribution in [3.05, 3.63) is 131 Å². The van der Waals surface area contributed by atoms with Crippen LogP contribution in [0.5, 0.6) is 0 Å². The highest BCUT2D eigenvalue weighted by atomic mass is 16.1. The number of hydrogen-bond acceptors (Lipinski definition) is 2. The van der Waals surface area contributed by atoms with Gasteiger partial charge in [0, 0.05) is 16.8 Å². The van der Waals surface area contributed by atoms with Gasteiger partial charge in [0.2, 0.25) is 0 Å². The molecule has 3 heteroatoms. The van der Waals surface area contributed by atoms with Crippen molar-refractivity contribution < 1.29 is 0 Å². The molecule has 3 nitrogen and oxygen atoms in total. The highest BCUT2D eigenvalue weighted by molar-refractivity contribution is 6.27. The molecular weight excluding hydrogens is 500 g/mol. The van der Waals surface area contributed by atoms with Gasteiger partial charge in [-0.2, -0.15) is 5.26 Å². The van der Waals surface area contributed by atoms with Crippen LogP contribution in [-0.4, -0.2) is 4.98 Å². The van der Waals surface area contributed by atoms with Gasteiger partial charge in [-0.3, -0.25) is 4.79 Å². The van der Waals surface area contributed by atoms with Crippen LogP contribution in [0.3, 0.4) is 0 Å². The smallest absolute Gasteiger partial charge is 0.266 e. The van der Waals surface area contributed by atoms with E-state index >= 15 is 0 Å². The van der Waals surface area contributed by atoms with Crippen LogP contribution in [0.15, 0.2) is 120 Å². The molecule has 0 bridgehead atoms. The Morgan fingerprint density at radius 1 is 0.488 bits per heavy atom. The van der Waals surface area contributed by atoms with Gasteiger partial charge >= 0.3 is 0 Å². The summed E-state index contributed by atoms with van der Waals surface area (Å²) >= 11 is 0. The third-order valence-corrected chi connectivity index (χ3v) is 8.78. The van der Waals surface area contributed by atoms with E-state index < -0.39 is 0 Å². The molecule has 0 saturated heterocycles. The molecule has 0 aliphatic rings. The van der Waals surface area contributed by atoms with Crippen LogP contribution >= 0.6 is 0 Å². The Labute approximate surface area is 234 Å². The first kappa shape index (κ1) is 22.1. The fraction of sp³-hybridized carbons (Fsp3) is 0. The zero-order chi connectivity index (χ0) is 27.2. The van der Waals surface area contributed by atoms with Crippen molar-refractivity contribution in [3.8, 4) is 28.5 Å². The molecule has 0 atom stereocenters. The number of benzene rings is 8. The number of aromatic nitrogens is 1. The average Bonchev–Trinajstić information content (AvgIpc) is 3.02. The largest absolute Gasteiger partial charge is 0.321 e. The Balaban J connectivity index is 1.37. The number of aromatic amines is 1. The molecule has 0 radical (unpaired) electrons. The summed E-state index contributed by atoms with van der Waals surface area (Å²) in [5.74, 6) is 0. The van der Waals surface area contributed by atoms with Crippen molar-refractivity contribution in [2.75, 3.05) is 0 Å². The normalized spacial score (nSPS) is 12.0. The summed E-state index contributed by atoms with van der Waals surface area (Å²) in [6.07, 6.45) is 0. The molecule has 0 fully saturated rings. The first-order valence-electron chi connectivity index (χ1n) is 13.7. The molecule has 0 amide bonds. The van der Waals surface area contributed by atoms with Gasteiger partial charge < -0.3 is 4.98 Å². The molecule has 9 aromatic rings. The van der Waals surface area contributed by atoms with Crippen LogP contribution in [0.1, 0.15) is 5.56 Å². The second-order valence-corrected chi connectivity index (χ2v) is 10.9. The molecular formula is C38H20N2O. The highest BCUT2D eigenvalue weighted by Crippen LogP contribution is 2.42. The van der Waals surface area contributed by atoms with Crippen LogP contribution in [-0.2, 0) is 0 Å². The van der Waals surface area contributed by atoms with Gasteiger partial charge in [-0.05, 0) is 76.3 Å². The number of H-pyrrole nitrogens is 1. The first-order chi connectivity index (χ1) is 20.2. The Morgan fingerprint density at radius 2 is 0.927 bits per heavy atom. The molecule has 0 aliphatic heterocycles. The molecule has 0 saturated carbocycles. The second kappa shape index (κ2) is 7.91. The summed E-state index contributed by atoms with van der Waals surface area (Å²) in [5, 5.41) is 24.1. The minimum absolute atomic E-state index is 0.126. The minimum atomic E-state index is -0.378. The van der Waals surface area contributed by atoms with Crippen LogP contribution < -0.4 is 5.56 Å². The van der Waals surface area contributed by atoms with Gasteiger partial charge in [0.05, 0.1) is 0 Å². The summed E-state index contributed by atoms with van der Waals surface area (Å²) in [6, 6.07) is 42.4. The molecule has 1 heterocycles. The molecule has 0 unspecified atom stereocenters. The lowest BCUT2D eigenvalue weighted by molar-refractivity contribution is 1.22. The van der Waals surface area contributed by atoms with Gasteiger partial charge in [-0.25, -0.2) is 0 Å². The van der Waals surface area contributed by atoms with Crippen molar-refractivity contribution in [3.63, 3.8) is 0 Å². The van der Waals surface area contributed by atoms with E-state index in [9.17, 15) is 10.1 Å². The van der Waals surface area contributed by atoms with Crippen molar-refractivity contribution >= 4 is 64.6 Å². The average molecular weight is 521 g/mol. The summed E-state index contributed by atoms with van der Waals surface area (Å²) in [7, 11) is 0. The second-order valence-electron chi connectivity index (χ2n) is 10.9. The molecule has 0 spiro atoms. The quantitative estimate of drug-likeness (QED) is 0.231. The molecule has 1 aromatic heterocycles. The topological polar surface area (TPSA) is 56.6 Å². The Morgan fingerprint density at radius 3 is 1.46 bits per heavy atom. The standard InChI is InChI=1S/C38H20N2O/c39-20-32-31(27-15-11-25-9-7-21-3-1-5-23-13-17-29(27)36(25)34(21)23)19-33(40-38(32)41)28-16-12-26-10-8-22-4-2-6-24-14-18-30(28)37(26)35(22)24/h1-19H,(H,40,41). The van der Waals surface area contributed by atoms with Crippen molar-refractivity contribution in [1.29, 1.82) is 5.26 Å². The molecule has 41 heavy (non-hydrogen) atoms. The molecule has 9 rings (SSSR count). The summed E-state index contributed by atoms with van der Waals surface area (Å²) in [4.78, 5) is 16.5. The zero-order valence-electron chi connectivity index (χ0n) is 21.8. The lowest BCUT2D eigenvalue weighted by Gasteiger charge is -2.16.